The maximum Gasteiger partial charge on any atom is 0.287 e. The van der Waals surface area contributed by atoms with Crippen LogP contribution in [-0.4, -0.2) is 24.9 Å². The molecule has 2 aromatic carbocycles. The fraction of sp³-hybridized carbons (Fsp3) is 0.200. The molecule has 0 aliphatic rings. The van der Waals surface area contributed by atoms with Crippen LogP contribution in [0.4, 0.5) is 4.39 Å². The molecular formula is C20H19FN2O3. The van der Waals surface area contributed by atoms with Crippen LogP contribution >= 0.6 is 0 Å². The topological polar surface area (TPSA) is 71.3 Å². The number of nitrogens with one attached hydrogen (secondary N) is 2. The molecule has 3 aromatic rings. The van der Waals surface area contributed by atoms with Gasteiger partial charge in [0.2, 0.25) is 0 Å². The van der Waals surface area contributed by atoms with E-state index in [4.69, 9.17) is 4.42 Å². The first-order valence-electron chi connectivity index (χ1n) is 8.28. The maximum absolute atomic E-state index is 13.5. The molecule has 0 saturated carbocycles. The summed E-state index contributed by atoms with van der Waals surface area (Å²) in [5, 5.41) is 6.18. The van der Waals surface area contributed by atoms with Gasteiger partial charge in [-0.05, 0) is 31.5 Å². The monoisotopic (exact) mass is 354 g/mol. The van der Waals surface area contributed by atoms with Gasteiger partial charge in [-0.3, -0.25) is 9.59 Å². The van der Waals surface area contributed by atoms with Crippen LogP contribution in [0.5, 0.6) is 0 Å². The second kappa shape index (κ2) is 7.39. The highest BCUT2D eigenvalue weighted by atomic mass is 19.1. The van der Waals surface area contributed by atoms with Crippen molar-refractivity contribution in [3.05, 3.63) is 70.7 Å². The number of fused-ring (bicyclic) bond motifs is 1. The summed E-state index contributed by atoms with van der Waals surface area (Å²) in [6, 6.07) is 11.5. The van der Waals surface area contributed by atoms with Crippen LogP contribution in [0, 0.1) is 19.7 Å². The molecule has 1 aromatic heterocycles. The van der Waals surface area contributed by atoms with Crippen molar-refractivity contribution in [1.82, 2.24) is 10.6 Å². The molecule has 5 nitrogen and oxygen atoms in total. The molecule has 0 aliphatic heterocycles. The number of hydrogen-bond donors (Lipinski definition) is 2. The molecule has 26 heavy (non-hydrogen) atoms. The van der Waals surface area contributed by atoms with E-state index >= 15 is 0 Å². The lowest BCUT2D eigenvalue weighted by atomic mass is 10.1. The zero-order valence-corrected chi connectivity index (χ0v) is 14.6. The van der Waals surface area contributed by atoms with Gasteiger partial charge in [0.05, 0.1) is 5.56 Å². The van der Waals surface area contributed by atoms with Gasteiger partial charge >= 0.3 is 0 Å². The Bertz CT molecular complexity index is 978. The number of halogens is 1. The number of rotatable bonds is 5. The van der Waals surface area contributed by atoms with Gasteiger partial charge < -0.3 is 15.1 Å². The summed E-state index contributed by atoms with van der Waals surface area (Å²) < 4.78 is 19.2. The zero-order valence-electron chi connectivity index (χ0n) is 14.6. The lowest BCUT2D eigenvalue weighted by Gasteiger charge is -2.07. The molecule has 0 atom stereocenters. The molecule has 1 heterocycles. The quantitative estimate of drug-likeness (QED) is 0.690. The number of hydrogen-bond acceptors (Lipinski definition) is 3. The summed E-state index contributed by atoms with van der Waals surface area (Å²) >= 11 is 0. The number of carbonyl (C=O) groups is 2. The molecule has 3 rings (SSSR count). The minimum atomic E-state index is -0.581. The number of furan rings is 1. The standard InChI is InChI=1S/C20H19FN2O3/c1-12-6-5-8-14-13(2)18(26-17(12)14)20(25)23-11-10-22-19(24)15-7-3-4-9-16(15)21/h3-9H,10-11H2,1-2H3,(H,22,24)(H,23,25). The van der Waals surface area contributed by atoms with Crippen LogP contribution in [0.15, 0.2) is 46.9 Å². The first-order chi connectivity index (χ1) is 12.5. The van der Waals surface area contributed by atoms with Gasteiger partial charge in [0.25, 0.3) is 11.8 Å². The fourth-order valence-electron chi connectivity index (χ4n) is 2.77. The Labute approximate surface area is 150 Å². The van der Waals surface area contributed by atoms with Crippen LogP contribution in [-0.2, 0) is 0 Å². The molecule has 2 amide bonds. The van der Waals surface area contributed by atoms with Crippen LogP contribution in [0.2, 0.25) is 0 Å². The third kappa shape index (κ3) is 3.44. The van der Waals surface area contributed by atoms with E-state index < -0.39 is 11.7 Å². The van der Waals surface area contributed by atoms with Gasteiger partial charge in [-0.25, -0.2) is 4.39 Å². The summed E-state index contributed by atoms with van der Waals surface area (Å²) in [4.78, 5) is 24.2. The van der Waals surface area contributed by atoms with E-state index in [1.165, 1.54) is 18.2 Å². The third-order valence-corrected chi connectivity index (χ3v) is 4.18. The Balaban J connectivity index is 1.58. The van der Waals surface area contributed by atoms with Gasteiger partial charge in [-0.15, -0.1) is 0 Å². The van der Waals surface area contributed by atoms with Crippen LogP contribution in [0.3, 0.4) is 0 Å². The number of amides is 2. The molecule has 134 valence electrons. The van der Waals surface area contributed by atoms with Crippen LogP contribution < -0.4 is 10.6 Å². The van der Waals surface area contributed by atoms with Gasteiger partial charge in [-0.2, -0.15) is 0 Å². The van der Waals surface area contributed by atoms with Crippen molar-refractivity contribution >= 4 is 22.8 Å². The minimum absolute atomic E-state index is 0.0255. The summed E-state index contributed by atoms with van der Waals surface area (Å²) in [6.07, 6.45) is 0. The predicted octanol–water partition coefficient (Wildman–Crippen LogP) is 3.35. The number of benzene rings is 2. The summed E-state index contributed by atoms with van der Waals surface area (Å²) in [5.74, 6) is -1.19. The highest BCUT2D eigenvalue weighted by Crippen LogP contribution is 2.27. The summed E-state index contributed by atoms with van der Waals surface area (Å²) in [5.41, 5.74) is 2.41. The number of para-hydroxylation sites is 1. The molecule has 0 unspecified atom stereocenters. The Morgan fingerprint density at radius 2 is 1.65 bits per heavy atom. The third-order valence-electron chi connectivity index (χ3n) is 4.18. The first kappa shape index (κ1) is 17.7. The first-order valence-corrected chi connectivity index (χ1v) is 8.28. The van der Waals surface area contributed by atoms with Gasteiger partial charge in [0, 0.05) is 24.0 Å². The van der Waals surface area contributed by atoms with Crippen LogP contribution in [0.25, 0.3) is 11.0 Å². The molecule has 2 N–H and O–H groups in total. The van der Waals surface area contributed by atoms with Gasteiger partial charge in [-0.1, -0.05) is 30.3 Å². The Kier molecular flexibility index (Phi) is 5.02. The van der Waals surface area contributed by atoms with E-state index in [-0.39, 0.29) is 30.3 Å². The molecule has 0 spiro atoms. The maximum atomic E-state index is 13.5. The lowest BCUT2D eigenvalue weighted by Crippen LogP contribution is -2.35. The van der Waals surface area contributed by atoms with Crippen molar-refractivity contribution in [3.63, 3.8) is 0 Å². The molecule has 0 fully saturated rings. The largest absolute Gasteiger partial charge is 0.450 e. The molecule has 0 radical (unpaired) electrons. The molecular weight excluding hydrogens is 335 g/mol. The molecule has 0 aliphatic carbocycles. The lowest BCUT2D eigenvalue weighted by molar-refractivity contribution is 0.0910. The van der Waals surface area contributed by atoms with Gasteiger partial charge in [0.15, 0.2) is 5.76 Å². The van der Waals surface area contributed by atoms with E-state index in [2.05, 4.69) is 10.6 Å². The van der Waals surface area contributed by atoms with Crippen molar-refractivity contribution in [2.75, 3.05) is 13.1 Å². The molecule has 6 heteroatoms. The Morgan fingerprint density at radius 1 is 0.962 bits per heavy atom. The number of carbonyl (C=O) groups excluding carboxylic acids is 2. The van der Waals surface area contributed by atoms with E-state index in [9.17, 15) is 14.0 Å². The van der Waals surface area contributed by atoms with Crippen molar-refractivity contribution in [2.24, 2.45) is 0 Å². The average Bonchev–Trinajstić information content (AvgIpc) is 2.97. The number of aryl methyl sites for hydroxylation is 2. The smallest absolute Gasteiger partial charge is 0.287 e. The second-order valence-corrected chi connectivity index (χ2v) is 6.00. The Hall–Kier alpha value is -3.15. The van der Waals surface area contributed by atoms with Crippen molar-refractivity contribution in [2.45, 2.75) is 13.8 Å². The van der Waals surface area contributed by atoms with E-state index in [0.717, 1.165) is 16.5 Å². The van der Waals surface area contributed by atoms with E-state index in [1.54, 1.807) is 6.07 Å². The summed E-state index contributed by atoms with van der Waals surface area (Å²) in [7, 11) is 0. The second-order valence-electron chi connectivity index (χ2n) is 6.00. The van der Waals surface area contributed by atoms with Crippen molar-refractivity contribution < 1.29 is 18.4 Å². The normalized spacial score (nSPS) is 10.7. The molecule has 0 saturated heterocycles. The SMILES string of the molecule is Cc1c(C(=O)NCCNC(=O)c2ccccc2F)oc2c(C)cccc12. The van der Waals surface area contributed by atoms with E-state index in [1.807, 2.05) is 32.0 Å². The summed E-state index contributed by atoms with van der Waals surface area (Å²) in [6.45, 7) is 4.14. The Morgan fingerprint density at radius 3 is 2.35 bits per heavy atom. The van der Waals surface area contributed by atoms with Crippen molar-refractivity contribution in [3.8, 4) is 0 Å². The zero-order chi connectivity index (χ0) is 18.7. The average molecular weight is 354 g/mol. The predicted molar refractivity (Wildman–Crippen MR) is 96.8 cm³/mol. The highest BCUT2D eigenvalue weighted by Gasteiger charge is 2.18. The van der Waals surface area contributed by atoms with Crippen LogP contribution in [0.1, 0.15) is 32.0 Å². The van der Waals surface area contributed by atoms with Gasteiger partial charge in [0.1, 0.15) is 11.4 Å². The minimum Gasteiger partial charge on any atom is -0.450 e. The van der Waals surface area contributed by atoms with Crippen molar-refractivity contribution in [1.29, 1.82) is 0 Å². The molecule has 0 bridgehead atoms. The highest BCUT2D eigenvalue weighted by molar-refractivity contribution is 5.99. The van der Waals surface area contributed by atoms with E-state index in [0.29, 0.717) is 5.58 Å². The fourth-order valence-corrected chi connectivity index (χ4v) is 2.77.